The van der Waals surface area contributed by atoms with Gasteiger partial charge in [-0.3, -0.25) is 18.6 Å². The molecule has 25 heavy (non-hydrogen) atoms. The van der Waals surface area contributed by atoms with Gasteiger partial charge in [-0.05, 0) is 13.8 Å². The second-order valence-corrected chi connectivity index (χ2v) is 7.93. The van der Waals surface area contributed by atoms with E-state index in [4.69, 9.17) is 0 Å². The predicted octanol–water partition coefficient (Wildman–Crippen LogP) is -0.414. The number of hydrogen-bond donors (Lipinski definition) is 0. The summed E-state index contributed by atoms with van der Waals surface area (Å²) in [6.45, 7) is 5.51. The topological polar surface area (TPSA) is 99.2 Å². The van der Waals surface area contributed by atoms with E-state index in [1.54, 1.807) is 27.8 Å². The summed E-state index contributed by atoms with van der Waals surface area (Å²) in [4.78, 5) is 24.1. The van der Waals surface area contributed by atoms with Gasteiger partial charge in [0.25, 0.3) is 5.56 Å². The molecule has 0 fully saturated rings. The van der Waals surface area contributed by atoms with Gasteiger partial charge >= 0.3 is 5.69 Å². The van der Waals surface area contributed by atoms with Gasteiger partial charge in [0.2, 0.25) is 10.0 Å². The molecule has 0 saturated heterocycles. The zero-order valence-electron chi connectivity index (χ0n) is 15.3. The number of rotatable bonds is 5. The molecule has 138 valence electrons. The Morgan fingerprint density at radius 3 is 2.32 bits per heavy atom. The Hall–Kier alpha value is -2.20. The van der Waals surface area contributed by atoms with Crippen LogP contribution in [0.15, 0.2) is 20.6 Å². The van der Waals surface area contributed by atoms with Crippen molar-refractivity contribution in [2.24, 2.45) is 14.1 Å². The Morgan fingerprint density at radius 1 is 1.16 bits per heavy atom. The van der Waals surface area contributed by atoms with Gasteiger partial charge in [0.1, 0.15) is 4.90 Å². The minimum Gasteiger partial charge on any atom is -0.299 e. The van der Waals surface area contributed by atoms with Crippen molar-refractivity contribution >= 4 is 10.0 Å². The van der Waals surface area contributed by atoms with Crippen molar-refractivity contribution in [3.8, 4) is 0 Å². The largest absolute Gasteiger partial charge is 0.330 e. The average Bonchev–Trinajstić information content (AvgIpc) is 2.83. The first-order chi connectivity index (χ1) is 11.5. The van der Waals surface area contributed by atoms with E-state index >= 15 is 0 Å². The summed E-state index contributed by atoms with van der Waals surface area (Å²) < 4.78 is 30.4. The SMILES string of the molecule is CCN(C)S(=O)(=O)c1c(C)nn(Cc2cc(=O)n(C)c(=O)n2C)c1C. The van der Waals surface area contributed by atoms with Gasteiger partial charge in [-0.1, -0.05) is 6.92 Å². The number of hydrogen-bond acceptors (Lipinski definition) is 5. The summed E-state index contributed by atoms with van der Waals surface area (Å²) in [5, 5.41) is 4.30. The molecule has 2 rings (SSSR count). The maximum Gasteiger partial charge on any atom is 0.330 e. The van der Waals surface area contributed by atoms with Gasteiger partial charge in [-0.15, -0.1) is 0 Å². The van der Waals surface area contributed by atoms with Crippen molar-refractivity contribution in [2.75, 3.05) is 13.6 Å². The van der Waals surface area contributed by atoms with Crippen LogP contribution in [0.25, 0.3) is 0 Å². The second kappa shape index (κ2) is 6.60. The molecule has 0 aromatic carbocycles. The predicted molar refractivity (Wildman–Crippen MR) is 93.2 cm³/mol. The van der Waals surface area contributed by atoms with E-state index in [0.29, 0.717) is 23.6 Å². The molecule has 0 aliphatic rings. The first kappa shape index (κ1) is 19.1. The van der Waals surface area contributed by atoms with Gasteiger partial charge in [0.15, 0.2) is 0 Å². The van der Waals surface area contributed by atoms with Crippen molar-refractivity contribution in [2.45, 2.75) is 32.2 Å². The van der Waals surface area contributed by atoms with Crippen molar-refractivity contribution < 1.29 is 8.42 Å². The standard InChI is InChI=1S/C15H23N5O4S/c1-7-17(4)25(23,24)14-10(2)16-20(11(14)3)9-12-8-13(21)19(6)15(22)18(12)5/h8H,7,9H2,1-6H3. The number of nitrogens with zero attached hydrogens (tertiary/aromatic N) is 5. The molecule has 2 aromatic rings. The van der Waals surface area contributed by atoms with Crippen LogP contribution in [-0.4, -0.2) is 45.2 Å². The molecule has 10 heteroatoms. The van der Waals surface area contributed by atoms with Crippen LogP contribution in [0.4, 0.5) is 0 Å². The van der Waals surface area contributed by atoms with E-state index in [1.807, 2.05) is 0 Å². The van der Waals surface area contributed by atoms with E-state index in [9.17, 15) is 18.0 Å². The molecular weight excluding hydrogens is 346 g/mol. The Bertz CT molecular complexity index is 1030. The Morgan fingerprint density at radius 2 is 1.76 bits per heavy atom. The molecule has 2 aromatic heterocycles. The van der Waals surface area contributed by atoms with Gasteiger partial charge in [-0.25, -0.2) is 17.5 Å². The molecule has 2 heterocycles. The van der Waals surface area contributed by atoms with Crippen molar-refractivity contribution in [3.63, 3.8) is 0 Å². The minimum atomic E-state index is -3.64. The molecule has 0 spiro atoms. The lowest BCUT2D eigenvalue weighted by Crippen LogP contribution is -2.38. The highest BCUT2D eigenvalue weighted by molar-refractivity contribution is 7.89. The quantitative estimate of drug-likeness (QED) is 0.713. The Balaban J connectivity index is 2.57. The number of aryl methyl sites for hydroxylation is 1. The molecule has 9 nitrogen and oxygen atoms in total. The summed E-state index contributed by atoms with van der Waals surface area (Å²) in [6.07, 6.45) is 0. The maximum atomic E-state index is 12.7. The van der Waals surface area contributed by atoms with Crippen LogP contribution >= 0.6 is 0 Å². The summed E-state index contributed by atoms with van der Waals surface area (Å²) in [7, 11) is 0.837. The zero-order valence-corrected chi connectivity index (χ0v) is 16.1. The normalized spacial score (nSPS) is 12.1. The van der Waals surface area contributed by atoms with Crippen LogP contribution in [0.2, 0.25) is 0 Å². The molecule has 0 saturated carbocycles. The summed E-state index contributed by atoms with van der Waals surface area (Å²) in [5.74, 6) is 0. The van der Waals surface area contributed by atoms with E-state index in [-0.39, 0.29) is 11.4 Å². The van der Waals surface area contributed by atoms with Crippen LogP contribution in [0.1, 0.15) is 24.0 Å². The van der Waals surface area contributed by atoms with Crippen LogP contribution in [0, 0.1) is 13.8 Å². The average molecular weight is 369 g/mol. The van der Waals surface area contributed by atoms with Crippen LogP contribution in [-0.2, 0) is 30.7 Å². The molecule has 0 amide bonds. The third-order valence-corrected chi connectivity index (χ3v) is 6.55. The Labute approximate surface area is 146 Å². The van der Waals surface area contributed by atoms with Crippen molar-refractivity contribution in [1.29, 1.82) is 0 Å². The first-order valence-electron chi connectivity index (χ1n) is 7.78. The van der Waals surface area contributed by atoms with Crippen molar-refractivity contribution in [1.82, 2.24) is 23.2 Å². The fourth-order valence-corrected chi connectivity index (χ4v) is 4.16. The summed E-state index contributed by atoms with van der Waals surface area (Å²) in [5.41, 5.74) is 0.435. The third-order valence-electron chi connectivity index (χ3n) is 4.37. The highest BCUT2D eigenvalue weighted by Gasteiger charge is 2.28. The number of sulfonamides is 1. The lowest BCUT2D eigenvalue weighted by atomic mass is 10.3. The molecule has 0 unspecified atom stereocenters. The highest BCUT2D eigenvalue weighted by Crippen LogP contribution is 2.23. The van der Waals surface area contributed by atoms with Gasteiger partial charge in [0.05, 0.1) is 17.9 Å². The molecule has 0 atom stereocenters. The van der Waals surface area contributed by atoms with E-state index < -0.39 is 21.3 Å². The fraction of sp³-hybridized carbons (Fsp3) is 0.533. The minimum absolute atomic E-state index is 0.125. The molecular formula is C15H23N5O4S. The van der Waals surface area contributed by atoms with E-state index in [2.05, 4.69) is 5.10 Å². The van der Waals surface area contributed by atoms with E-state index in [0.717, 1.165) is 4.57 Å². The fourth-order valence-electron chi connectivity index (χ4n) is 2.62. The molecule has 0 radical (unpaired) electrons. The maximum absolute atomic E-state index is 12.7. The van der Waals surface area contributed by atoms with Gasteiger partial charge in [-0.2, -0.15) is 5.10 Å². The number of aromatic nitrogens is 4. The molecule has 0 N–H and O–H groups in total. The summed E-state index contributed by atoms with van der Waals surface area (Å²) in [6, 6.07) is 1.35. The first-order valence-corrected chi connectivity index (χ1v) is 9.22. The lowest BCUT2D eigenvalue weighted by molar-refractivity contribution is 0.485. The third kappa shape index (κ3) is 3.19. The molecule has 0 bridgehead atoms. The zero-order chi connectivity index (χ0) is 19.1. The molecule has 0 aliphatic carbocycles. The monoisotopic (exact) mass is 369 g/mol. The van der Waals surface area contributed by atoms with Gasteiger partial charge in [0, 0.05) is 39.4 Å². The van der Waals surface area contributed by atoms with Crippen LogP contribution in [0.5, 0.6) is 0 Å². The smallest absolute Gasteiger partial charge is 0.299 e. The van der Waals surface area contributed by atoms with E-state index in [1.165, 1.54) is 33.7 Å². The molecule has 0 aliphatic heterocycles. The summed E-state index contributed by atoms with van der Waals surface area (Å²) >= 11 is 0. The van der Waals surface area contributed by atoms with Crippen molar-refractivity contribution in [3.05, 3.63) is 44.0 Å². The van der Waals surface area contributed by atoms with Gasteiger partial charge < -0.3 is 0 Å². The van der Waals surface area contributed by atoms with Crippen LogP contribution in [0.3, 0.4) is 0 Å². The highest BCUT2D eigenvalue weighted by atomic mass is 32.2. The second-order valence-electron chi connectivity index (χ2n) is 5.95. The van der Waals surface area contributed by atoms with Crippen LogP contribution < -0.4 is 11.2 Å². The Kier molecular flexibility index (Phi) is 5.05. The lowest BCUT2D eigenvalue weighted by Gasteiger charge is -2.15.